The van der Waals surface area contributed by atoms with E-state index in [1.807, 2.05) is 14.7 Å². The number of piperazine rings is 1. The number of aromatic nitrogens is 4. The third-order valence-electron chi connectivity index (χ3n) is 9.39. The third-order valence-corrected chi connectivity index (χ3v) is 9.39. The lowest BCUT2D eigenvalue weighted by molar-refractivity contribution is -0.129. The quantitative estimate of drug-likeness (QED) is 0.187. The van der Waals surface area contributed by atoms with Crippen molar-refractivity contribution in [2.45, 2.75) is 25.5 Å². The Morgan fingerprint density at radius 1 is 0.808 bits per heavy atom. The lowest BCUT2D eigenvalue weighted by Crippen LogP contribution is -2.49. The number of anilines is 4. The number of fused-ring (bicyclic) bond motifs is 1. The molecule has 5 rings (SSSR count). The number of rotatable bonds is 17. The summed E-state index contributed by atoms with van der Waals surface area (Å²) in [6, 6.07) is 4.39. The second-order valence-electron chi connectivity index (χ2n) is 12.7. The first-order valence-corrected chi connectivity index (χ1v) is 17.4. The fourth-order valence-electron chi connectivity index (χ4n) is 6.25. The molecule has 0 aliphatic carbocycles. The molecule has 2 aliphatic heterocycles. The van der Waals surface area contributed by atoms with E-state index in [-0.39, 0.29) is 30.7 Å². The Balaban J connectivity index is 1.70. The van der Waals surface area contributed by atoms with Gasteiger partial charge in [0.15, 0.2) is 11.6 Å². The Labute approximate surface area is 303 Å². The van der Waals surface area contributed by atoms with Crippen molar-refractivity contribution in [3.05, 3.63) is 35.1 Å². The molecule has 0 bridgehead atoms. The topological polar surface area (TPSA) is 148 Å². The first-order valence-electron chi connectivity index (χ1n) is 17.4. The molecule has 2 aromatic heterocycles. The van der Waals surface area contributed by atoms with Gasteiger partial charge in [0.2, 0.25) is 17.8 Å². The minimum Gasteiger partial charge on any atom is -0.465 e. The number of hydrogen-bond donors (Lipinski definition) is 0. The number of methoxy groups -OCH3 is 5. The van der Waals surface area contributed by atoms with Crippen molar-refractivity contribution in [3.8, 4) is 0 Å². The van der Waals surface area contributed by atoms with Gasteiger partial charge < -0.3 is 48.2 Å². The van der Waals surface area contributed by atoms with Gasteiger partial charge in [-0.3, -0.25) is 4.79 Å². The Morgan fingerprint density at radius 2 is 1.38 bits per heavy atom. The summed E-state index contributed by atoms with van der Waals surface area (Å²) in [6.07, 6.45) is 1.75. The number of piperidine rings is 1. The van der Waals surface area contributed by atoms with Crippen molar-refractivity contribution >= 4 is 46.4 Å². The highest BCUT2D eigenvalue weighted by atomic mass is 19.1. The SMILES string of the molecule is COCCN(Cc1ccc(C(=O)OC)c(F)c1)c1nc(N2CCN(C)C(=O)C2)c2nc(N(CCOC)CCOC)nc(N3CCC(OC)CC3)c2n1. The molecule has 0 N–H and O–H groups in total. The molecule has 17 heteroatoms. The molecule has 284 valence electrons. The molecule has 0 atom stereocenters. The van der Waals surface area contributed by atoms with Gasteiger partial charge in [0.1, 0.15) is 16.9 Å². The van der Waals surface area contributed by atoms with Crippen LogP contribution < -0.4 is 19.6 Å². The van der Waals surface area contributed by atoms with Gasteiger partial charge >= 0.3 is 5.97 Å². The maximum absolute atomic E-state index is 15.1. The summed E-state index contributed by atoms with van der Waals surface area (Å²) in [4.78, 5) is 55.4. The minimum atomic E-state index is -0.756. The van der Waals surface area contributed by atoms with Crippen LogP contribution in [0.4, 0.5) is 27.9 Å². The monoisotopic (exact) mass is 727 g/mol. The minimum absolute atomic E-state index is 0.0464. The van der Waals surface area contributed by atoms with Crippen LogP contribution in [0.1, 0.15) is 28.8 Å². The Morgan fingerprint density at radius 3 is 1.92 bits per heavy atom. The van der Waals surface area contributed by atoms with Crippen LogP contribution in [0.5, 0.6) is 0 Å². The average Bonchev–Trinajstić information content (AvgIpc) is 3.16. The molecule has 0 saturated carbocycles. The molecule has 16 nitrogen and oxygen atoms in total. The largest absolute Gasteiger partial charge is 0.465 e. The lowest BCUT2D eigenvalue weighted by Gasteiger charge is -2.35. The van der Waals surface area contributed by atoms with E-state index in [0.717, 1.165) is 12.8 Å². The maximum atomic E-state index is 15.1. The highest BCUT2D eigenvalue weighted by molar-refractivity contribution is 5.96. The second kappa shape index (κ2) is 18.3. The van der Waals surface area contributed by atoms with E-state index < -0.39 is 11.8 Å². The number of hydrogen-bond acceptors (Lipinski definition) is 15. The van der Waals surface area contributed by atoms with Crippen molar-refractivity contribution in [1.82, 2.24) is 24.8 Å². The van der Waals surface area contributed by atoms with E-state index in [2.05, 4.69) is 4.90 Å². The summed E-state index contributed by atoms with van der Waals surface area (Å²) in [5, 5.41) is 0. The van der Waals surface area contributed by atoms with E-state index in [9.17, 15) is 9.59 Å². The summed E-state index contributed by atoms with van der Waals surface area (Å²) in [5.74, 6) is 0.445. The molecule has 2 aliphatic rings. The first-order chi connectivity index (χ1) is 25.2. The van der Waals surface area contributed by atoms with Gasteiger partial charge in [0.05, 0.1) is 45.1 Å². The van der Waals surface area contributed by atoms with Crippen molar-refractivity contribution in [2.24, 2.45) is 0 Å². The van der Waals surface area contributed by atoms with Gasteiger partial charge in [-0.1, -0.05) is 6.07 Å². The maximum Gasteiger partial charge on any atom is 0.340 e. The highest BCUT2D eigenvalue weighted by Crippen LogP contribution is 2.35. The standard InChI is InChI=1S/C35H50FN9O7/c1-41-13-14-44(23-28(41)46)32-30-29(38-35(40-32)45(17-20-50-4)22-24-7-8-26(27(36)21-24)33(47)52-6)31(42-11-9-25(51-5)10-12-42)39-34(37-30)43(15-18-48-2)16-19-49-3/h7-8,21,25H,9-20,22-23H2,1-6H3. The number of halogens is 1. The van der Waals surface area contributed by atoms with Gasteiger partial charge in [-0.15, -0.1) is 0 Å². The molecule has 2 saturated heterocycles. The molecule has 2 fully saturated rings. The predicted octanol–water partition coefficient (Wildman–Crippen LogP) is 1.99. The van der Waals surface area contributed by atoms with Crippen molar-refractivity contribution in [2.75, 3.05) is 134 Å². The molecule has 0 radical (unpaired) electrons. The summed E-state index contributed by atoms with van der Waals surface area (Å²) in [7, 11) is 9.62. The number of carbonyl (C=O) groups is 2. The molecular formula is C35H50FN9O7. The van der Waals surface area contributed by atoms with Crippen LogP contribution in [-0.2, 0) is 35.0 Å². The number of likely N-dealkylation sites (N-methyl/N-ethyl adjacent to an activating group) is 1. The molecule has 1 aromatic carbocycles. The van der Waals surface area contributed by atoms with Crippen LogP contribution >= 0.6 is 0 Å². The normalized spacial score (nSPS) is 15.4. The van der Waals surface area contributed by atoms with Crippen LogP contribution in [0.15, 0.2) is 18.2 Å². The predicted molar refractivity (Wildman–Crippen MR) is 194 cm³/mol. The summed E-state index contributed by atoms with van der Waals surface area (Å²) < 4.78 is 41.8. The zero-order valence-electron chi connectivity index (χ0n) is 31.0. The Kier molecular flexibility index (Phi) is 13.7. The molecule has 1 amide bonds. The fraction of sp³-hybridized carbons (Fsp3) is 0.600. The molecule has 4 heterocycles. The number of ether oxygens (including phenoxy) is 5. The molecule has 52 heavy (non-hydrogen) atoms. The van der Waals surface area contributed by atoms with Crippen molar-refractivity contribution in [3.63, 3.8) is 0 Å². The smallest absolute Gasteiger partial charge is 0.340 e. The van der Waals surface area contributed by atoms with E-state index in [0.29, 0.717) is 106 Å². The highest BCUT2D eigenvalue weighted by Gasteiger charge is 2.31. The van der Waals surface area contributed by atoms with E-state index in [1.54, 1.807) is 46.5 Å². The van der Waals surface area contributed by atoms with Gasteiger partial charge in [0, 0.05) is 87.8 Å². The van der Waals surface area contributed by atoms with Gasteiger partial charge in [-0.05, 0) is 30.5 Å². The van der Waals surface area contributed by atoms with Gasteiger partial charge in [0.25, 0.3) is 0 Å². The van der Waals surface area contributed by atoms with Crippen LogP contribution in [0.25, 0.3) is 11.0 Å². The summed E-state index contributed by atoms with van der Waals surface area (Å²) in [5.41, 5.74) is 1.47. The van der Waals surface area contributed by atoms with Crippen molar-refractivity contribution < 1.29 is 37.7 Å². The number of esters is 1. The fourth-order valence-corrected chi connectivity index (χ4v) is 6.25. The third kappa shape index (κ3) is 9.12. The molecule has 0 spiro atoms. The summed E-state index contributed by atoms with van der Waals surface area (Å²) in [6.45, 7) is 5.32. The van der Waals surface area contributed by atoms with E-state index in [4.69, 9.17) is 43.6 Å². The lowest BCUT2D eigenvalue weighted by atomic mass is 10.1. The molecule has 0 unspecified atom stereocenters. The van der Waals surface area contributed by atoms with Gasteiger partial charge in [-0.25, -0.2) is 19.2 Å². The summed E-state index contributed by atoms with van der Waals surface area (Å²) >= 11 is 0. The van der Waals surface area contributed by atoms with Crippen LogP contribution in [0, 0.1) is 5.82 Å². The average molecular weight is 728 g/mol. The number of benzene rings is 1. The first kappa shape index (κ1) is 38.8. The van der Waals surface area contributed by atoms with Gasteiger partial charge in [-0.2, -0.15) is 9.97 Å². The van der Waals surface area contributed by atoms with Crippen LogP contribution in [0.3, 0.4) is 0 Å². The number of amides is 1. The Bertz CT molecular complexity index is 1670. The Hall–Kier alpha value is -4.45. The molecule has 3 aromatic rings. The zero-order chi connectivity index (χ0) is 37.2. The van der Waals surface area contributed by atoms with Crippen molar-refractivity contribution in [1.29, 1.82) is 0 Å². The van der Waals surface area contributed by atoms with Crippen LogP contribution in [-0.4, -0.2) is 158 Å². The van der Waals surface area contributed by atoms with E-state index in [1.165, 1.54) is 19.2 Å². The number of nitrogens with zero attached hydrogens (tertiary/aromatic N) is 9. The number of carbonyl (C=O) groups excluding carboxylic acids is 2. The second-order valence-corrected chi connectivity index (χ2v) is 12.7. The van der Waals surface area contributed by atoms with Crippen LogP contribution in [0.2, 0.25) is 0 Å². The molecular weight excluding hydrogens is 677 g/mol. The van der Waals surface area contributed by atoms with E-state index >= 15 is 4.39 Å². The zero-order valence-corrected chi connectivity index (χ0v) is 31.0.